The largest absolute Gasteiger partial charge is 0.494 e. The third-order valence-corrected chi connectivity index (χ3v) is 5.12. The van der Waals surface area contributed by atoms with Crippen molar-refractivity contribution in [2.45, 2.75) is 19.4 Å². The molecule has 8 nitrogen and oxygen atoms in total. The molecule has 2 fully saturated rings. The molecule has 0 aliphatic carbocycles. The summed E-state index contributed by atoms with van der Waals surface area (Å²) < 4.78 is 5.43. The molecule has 2 amide bonds. The quantitative estimate of drug-likeness (QED) is 0.723. The molecule has 0 spiro atoms. The molecular formula is C20H23N5O3. The van der Waals surface area contributed by atoms with Crippen LogP contribution in [0.3, 0.4) is 0 Å². The van der Waals surface area contributed by atoms with Gasteiger partial charge >= 0.3 is 0 Å². The van der Waals surface area contributed by atoms with E-state index in [1.807, 2.05) is 6.92 Å². The van der Waals surface area contributed by atoms with E-state index in [1.165, 1.54) is 4.90 Å². The van der Waals surface area contributed by atoms with E-state index >= 15 is 0 Å². The number of aromatic nitrogens is 2. The van der Waals surface area contributed by atoms with Crippen LogP contribution in [0.25, 0.3) is 0 Å². The smallest absolute Gasteiger partial charge is 0.251 e. The lowest BCUT2D eigenvalue weighted by Gasteiger charge is -2.36. The average molecular weight is 381 g/mol. The van der Waals surface area contributed by atoms with Gasteiger partial charge in [-0.3, -0.25) is 14.5 Å². The Bertz CT molecular complexity index is 835. The van der Waals surface area contributed by atoms with Crippen LogP contribution < -0.4 is 14.5 Å². The Labute approximate surface area is 163 Å². The highest BCUT2D eigenvalue weighted by molar-refractivity contribution is 6.22. The Hall–Kier alpha value is -3.00. The van der Waals surface area contributed by atoms with Crippen LogP contribution in [-0.2, 0) is 9.59 Å². The summed E-state index contributed by atoms with van der Waals surface area (Å²) in [4.78, 5) is 39.6. The van der Waals surface area contributed by atoms with E-state index in [0.29, 0.717) is 31.3 Å². The van der Waals surface area contributed by atoms with E-state index in [1.54, 1.807) is 42.7 Å². The van der Waals surface area contributed by atoms with E-state index < -0.39 is 6.04 Å². The molecule has 3 heterocycles. The van der Waals surface area contributed by atoms with Crippen molar-refractivity contribution in [2.24, 2.45) is 0 Å². The van der Waals surface area contributed by atoms with Gasteiger partial charge in [0.1, 0.15) is 5.75 Å². The molecule has 0 saturated carbocycles. The molecule has 2 aliphatic rings. The molecule has 0 N–H and O–H groups in total. The molecule has 2 saturated heterocycles. The first kappa shape index (κ1) is 18.4. The molecule has 2 aromatic rings. The molecule has 4 rings (SSSR count). The van der Waals surface area contributed by atoms with Gasteiger partial charge in [-0.25, -0.2) is 14.9 Å². The first-order valence-electron chi connectivity index (χ1n) is 9.53. The maximum atomic E-state index is 13.0. The second-order valence-electron chi connectivity index (χ2n) is 6.79. The fourth-order valence-electron chi connectivity index (χ4n) is 3.72. The van der Waals surface area contributed by atoms with Gasteiger partial charge in [0.2, 0.25) is 11.9 Å². The zero-order valence-corrected chi connectivity index (χ0v) is 15.8. The van der Waals surface area contributed by atoms with Crippen LogP contribution in [0.15, 0.2) is 42.7 Å². The molecule has 8 heteroatoms. The number of hydrogen-bond donors (Lipinski definition) is 0. The predicted octanol–water partition coefficient (Wildman–Crippen LogP) is 1.33. The zero-order valence-electron chi connectivity index (χ0n) is 15.8. The van der Waals surface area contributed by atoms with Gasteiger partial charge in [-0.15, -0.1) is 0 Å². The lowest BCUT2D eigenvalue weighted by Crippen LogP contribution is -2.53. The minimum atomic E-state index is -0.405. The maximum absolute atomic E-state index is 13.0. The molecule has 0 bridgehead atoms. The number of rotatable bonds is 5. The van der Waals surface area contributed by atoms with Gasteiger partial charge in [-0.05, 0) is 37.3 Å². The number of amides is 2. The van der Waals surface area contributed by atoms with Gasteiger partial charge in [0.15, 0.2) is 0 Å². The van der Waals surface area contributed by atoms with Crippen LogP contribution >= 0.6 is 0 Å². The lowest BCUT2D eigenvalue weighted by atomic mass is 10.2. The van der Waals surface area contributed by atoms with E-state index in [4.69, 9.17) is 4.74 Å². The second kappa shape index (κ2) is 7.93. The summed E-state index contributed by atoms with van der Waals surface area (Å²) in [5.74, 6) is 1.11. The average Bonchev–Trinajstić information content (AvgIpc) is 3.04. The molecule has 1 aromatic heterocycles. The molecule has 1 atom stereocenters. The minimum Gasteiger partial charge on any atom is -0.494 e. The summed E-state index contributed by atoms with van der Waals surface area (Å²) in [6.45, 7) is 5.33. The highest BCUT2D eigenvalue weighted by atomic mass is 16.5. The Morgan fingerprint density at radius 2 is 1.71 bits per heavy atom. The number of ether oxygens (including phenoxy) is 1. The van der Waals surface area contributed by atoms with E-state index in [0.717, 1.165) is 18.8 Å². The molecule has 2 aliphatic heterocycles. The molecular weight excluding hydrogens is 358 g/mol. The summed E-state index contributed by atoms with van der Waals surface area (Å²) in [5.41, 5.74) is 0.595. The van der Waals surface area contributed by atoms with Crippen molar-refractivity contribution in [3.05, 3.63) is 42.7 Å². The van der Waals surface area contributed by atoms with Crippen molar-refractivity contribution >= 4 is 23.5 Å². The lowest BCUT2D eigenvalue weighted by molar-refractivity contribution is -0.123. The SMILES string of the molecule is CCOc1ccc(N2C(=O)CC(N3CCN(c4ncccn4)CC3)C2=O)cc1. The van der Waals surface area contributed by atoms with Crippen LogP contribution in [0.1, 0.15) is 13.3 Å². The van der Waals surface area contributed by atoms with Crippen LogP contribution in [0.5, 0.6) is 5.75 Å². The van der Waals surface area contributed by atoms with Crippen LogP contribution in [0, 0.1) is 0 Å². The molecule has 146 valence electrons. The number of imide groups is 1. The third kappa shape index (κ3) is 3.55. The predicted molar refractivity (Wildman–Crippen MR) is 104 cm³/mol. The molecule has 0 radical (unpaired) electrons. The molecule has 28 heavy (non-hydrogen) atoms. The Morgan fingerprint density at radius 3 is 2.36 bits per heavy atom. The van der Waals surface area contributed by atoms with Crippen LogP contribution in [0.4, 0.5) is 11.6 Å². The van der Waals surface area contributed by atoms with E-state index in [2.05, 4.69) is 19.8 Å². The van der Waals surface area contributed by atoms with Gasteiger partial charge in [-0.1, -0.05) is 0 Å². The monoisotopic (exact) mass is 381 g/mol. The van der Waals surface area contributed by atoms with Gasteiger partial charge in [0, 0.05) is 38.6 Å². The third-order valence-electron chi connectivity index (χ3n) is 5.12. The second-order valence-corrected chi connectivity index (χ2v) is 6.79. The number of piperazine rings is 1. The number of carbonyl (C=O) groups is 2. The van der Waals surface area contributed by atoms with Crippen LogP contribution in [0.2, 0.25) is 0 Å². The topological polar surface area (TPSA) is 78.9 Å². The molecule has 1 unspecified atom stereocenters. The normalized spacial score (nSPS) is 20.7. The van der Waals surface area contributed by atoms with Gasteiger partial charge in [0.25, 0.3) is 5.91 Å². The summed E-state index contributed by atoms with van der Waals surface area (Å²) in [6.07, 6.45) is 3.67. The minimum absolute atomic E-state index is 0.154. The maximum Gasteiger partial charge on any atom is 0.251 e. The Balaban J connectivity index is 1.41. The van der Waals surface area contributed by atoms with Crippen molar-refractivity contribution in [1.82, 2.24) is 14.9 Å². The number of hydrogen-bond acceptors (Lipinski definition) is 7. The van der Waals surface area contributed by atoms with Gasteiger partial charge in [0.05, 0.1) is 24.8 Å². The van der Waals surface area contributed by atoms with Crippen molar-refractivity contribution in [1.29, 1.82) is 0 Å². The number of benzene rings is 1. The number of anilines is 2. The summed E-state index contributed by atoms with van der Waals surface area (Å²) in [7, 11) is 0. The number of nitrogens with zero attached hydrogens (tertiary/aromatic N) is 5. The fraction of sp³-hybridized carbons (Fsp3) is 0.400. The highest BCUT2D eigenvalue weighted by Gasteiger charge is 2.43. The van der Waals surface area contributed by atoms with Crippen molar-refractivity contribution < 1.29 is 14.3 Å². The summed E-state index contributed by atoms with van der Waals surface area (Å²) in [6, 6.07) is 8.47. The highest BCUT2D eigenvalue weighted by Crippen LogP contribution is 2.28. The number of carbonyl (C=O) groups excluding carboxylic acids is 2. The van der Waals surface area contributed by atoms with E-state index in [-0.39, 0.29) is 18.2 Å². The first-order chi connectivity index (χ1) is 13.7. The Morgan fingerprint density at radius 1 is 1.04 bits per heavy atom. The Kier molecular flexibility index (Phi) is 5.21. The standard InChI is InChI=1S/C20H23N5O3/c1-2-28-16-6-4-15(5-7-16)25-18(26)14-17(19(25)27)23-10-12-24(13-11-23)20-21-8-3-9-22-20/h3-9,17H,2,10-14H2,1H3. The van der Waals surface area contributed by atoms with Crippen molar-refractivity contribution in [3.63, 3.8) is 0 Å². The summed E-state index contributed by atoms with van der Waals surface area (Å²) >= 11 is 0. The van der Waals surface area contributed by atoms with Gasteiger partial charge in [-0.2, -0.15) is 0 Å². The summed E-state index contributed by atoms with van der Waals surface area (Å²) in [5, 5.41) is 0. The fourth-order valence-corrected chi connectivity index (χ4v) is 3.72. The zero-order chi connectivity index (χ0) is 19.5. The van der Waals surface area contributed by atoms with Crippen molar-refractivity contribution in [2.75, 3.05) is 42.6 Å². The molecule has 1 aromatic carbocycles. The van der Waals surface area contributed by atoms with Crippen LogP contribution in [-0.4, -0.2) is 65.5 Å². The van der Waals surface area contributed by atoms with Gasteiger partial charge < -0.3 is 9.64 Å². The van der Waals surface area contributed by atoms with Crippen molar-refractivity contribution in [3.8, 4) is 5.75 Å². The first-order valence-corrected chi connectivity index (χ1v) is 9.53. The van der Waals surface area contributed by atoms with E-state index in [9.17, 15) is 9.59 Å².